The lowest BCUT2D eigenvalue weighted by molar-refractivity contribution is -0.121. The van der Waals surface area contributed by atoms with E-state index in [4.69, 9.17) is 0 Å². The number of nitrogens with one attached hydrogen (secondary N) is 1. The van der Waals surface area contributed by atoms with E-state index in [0.29, 0.717) is 43.7 Å². The Morgan fingerprint density at radius 2 is 1.44 bits per heavy atom. The quantitative estimate of drug-likeness (QED) is 0.425. The molecular weight excluding hydrogens is 456 g/mol. The molecule has 2 aromatic carbocycles. The number of para-hydroxylation sites is 1. The minimum absolute atomic E-state index is 0.0117. The molecule has 0 aromatic heterocycles. The Bertz CT molecular complexity index is 1130. The molecule has 9 nitrogen and oxygen atoms in total. The molecule has 2 aliphatic heterocycles. The Kier molecular flexibility index (Phi) is 7.28. The van der Waals surface area contributed by atoms with Crippen molar-refractivity contribution in [1.29, 1.82) is 0 Å². The average molecular weight is 485 g/mol. The number of hydrogen-bond donors (Lipinski definition) is 1. The van der Waals surface area contributed by atoms with Gasteiger partial charge < -0.3 is 10.2 Å². The average Bonchev–Trinajstić information content (AvgIpc) is 3.10. The molecule has 0 spiro atoms. The monoisotopic (exact) mass is 484 g/mol. The number of hydrogen-bond acceptors (Lipinski definition) is 6. The highest BCUT2D eigenvalue weighted by Crippen LogP contribution is 2.22. The fourth-order valence-corrected chi connectivity index (χ4v) is 5.71. The van der Waals surface area contributed by atoms with Gasteiger partial charge in [-0.05, 0) is 30.7 Å². The van der Waals surface area contributed by atoms with Gasteiger partial charge in [-0.15, -0.1) is 0 Å². The third-order valence-electron chi connectivity index (χ3n) is 6.10. The number of benzene rings is 2. The highest BCUT2D eigenvalue weighted by atomic mass is 32.2. The predicted octanol–water partition coefficient (Wildman–Crippen LogP) is 1.33. The lowest BCUT2D eigenvalue weighted by Crippen LogP contribution is -2.49. The second-order valence-corrected chi connectivity index (χ2v) is 10.4. The Hall–Kier alpha value is -3.24. The van der Waals surface area contributed by atoms with Crippen molar-refractivity contribution in [2.45, 2.75) is 12.8 Å². The van der Waals surface area contributed by atoms with E-state index in [0.717, 1.165) is 10.6 Å². The van der Waals surface area contributed by atoms with Crippen LogP contribution >= 0.6 is 0 Å². The number of fused-ring (bicyclic) bond motifs is 1. The molecule has 34 heavy (non-hydrogen) atoms. The molecule has 2 aromatic rings. The molecule has 0 saturated carbocycles. The number of anilines is 1. The van der Waals surface area contributed by atoms with Crippen LogP contribution in [0.25, 0.3) is 0 Å². The number of carbonyl (C=O) groups is 3. The largest absolute Gasteiger partial charge is 0.369 e. The van der Waals surface area contributed by atoms with Gasteiger partial charge in [-0.25, -0.2) is 8.42 Å². The van der Waals surface area contributed by atoms with Crippen LogP contribution in [0.2, 0.25) is 0 Å². The van der Waals surface area contributed by atoms with E-state index >= 15 is 0 Å². The summed E-state index contributed by atoms with van der Waals surface area (Å²) in [6.45, 7) is 2.34. The van der Waals surface area contributed by atoms with Gasteiger partial charge in [-0.1, -0.05) is 30.3 Å². The normalized spacial score (nSPS) is 16.6. The van der Waals surface area contributed by atoms with Crippen LogP contribution in [-0.4, -0.2) is 80.4 Å². The van der Waals surface area contributed by atoms with Crippen LogP contribution in [-0.2, 0) is 14.8 Å². The van der Waals surface area contributed by atoms with Gasteiger partial charge in [0.2, 0.25) is 15.9 Å². The van der Waals surface area contributed by atoms with Gasteiger partial charge in [0, 0.05) is 51.4 Å². The maximum atomic E-state index is 12.7. The van der Waals surface area contributed by atoms with Crippen molar-refractivity contribution in [3.63, 3.8) is 0 Å². The van der Waals surface area contributed by atoms with E-state index in [9.17, 15) is 22.8 Å². The van der Waals surface area contributed by atoms with Gasteiger partial charge in [-0.2, -0.15) is 4.31 Å². The fourth-order valence-electron chi connectivity index (χ4n) is 4.22. The smallest absolute Gasteiger partial charge is 0.261 e. The van der Waals surface area contributed by atoms with Gasteiger partial charge in [0.1, 0.15) is 0 Å². The van der Waals surface area contributed by atoms with Gasteiger partial charge in [0.05, 0.1) is 16.9 Å². The first-order chi connectivity index (χ1) is 16.4. The zero-order valence-corrected chi connectivity index (χ0v) is 19.7. The topological polar surface area (TPSA) is 107 Å². The minimum atomic E-state index is -3.40. The molecular formula is C24H28N4O5S. The number of nitrogens with zero attached hydrogens (tertiary/aromatic N) is 3. The zero-order valence-electron chi connectivity index (χ0n) is 18.9. The summed E-state index contributed by atoms with van der Waals surface area (Å²) in [6, 6.07) is 16.5. The van der Waals surface area contributed by atoms with E-state index in [1.807, 2.05) is 30.3 Å². The first-order valence-electron chi connectivity index (χ1n) is 11.4. The molecule has 2 aliphatic rings. The number of amides is 3. The predicted molar refractivity (Wildman–Crippen MR) is 128 cm³/mol. The number of piperazine rings is 1. The van der Waals surface area contributed by atoms with Crippen LogP contribution in [0.4, 0.5) is 5.69 Å². The lowest BCUT2D eigenvalue weighted by Gasteiger charge is -2.35. The van der Waals surface area contributed by atoms with E-state index in [1.165, 1.54) is 4.31 Å². The second kappa shape index (κ2) is 10.4. The van der Waals surface area contributed by atoms with Gasteiger partial charge in [0.15, 0.2) is 0 Å². The molecule has 3 amide bonds. The van der Waals surface area contributed by atoms with Crippen LogP contribution in [0.5, 0.6) is 0 Å². The van der Waals surface area contributed by atoms with Crippen LogP contribution in [0.3, 0.4) is 0 Å². The van der Waals surface area contributed by atoms with Crippen LogP contribution in [0.1, 0.15) is 33.6 Å². The van der Waals surface area contributed by atoms with E-state index in [-0.39, 0.29) is 31.2 Å². The fraction of sp³-hybridized carbons (Fsp3) is 0.375. The van der Waals surface area contributed by atoms with Crippen molar-refractivity contribution >= 4 is 33.4 Å². The Morgan fingerprint density at radius 1 is 0.853 bits per heavy atom. The SMILES string of the molecule is O=C(CCN1C(=O)c2ccccc2C1=O)NCCCS(=O)(=O)N1CCN(c2ccccc2)CC1. The van der Waals surface area contributed by atoms with Crippen LogP contribution in [0, 0.1) is 0 Å². The summed E-state index contributed by atoms with van der Waals surface area (Å²) in [6.07, 6.45) is 0.264. The minimum Gasteiger partial charge on any atom is -0.369 e. The molecule has 0 bridgehead atoms. The maximum absolute atomic E-state index is 12.7. The van der Waals surface area contributed by atoms with Crippen molar-refractivity contribution < 1.29 is 22.8 Å². The number of imide groups is 1. The van der Waals surface area contributed by atoms with Gasteiger partial charge in [0.25, 0.3) is 11.8 Å². The molecule has 0 unspecified atom stereocenters. The maximum Gasteiger partial charge on any atom is 0.261 e. The van der Waals surface area contributed by atoms with Crippen molar-refractivity contribution in [3.05, 3.63) is 65.7 Å². The second-order valence-electron chi connectivity index (χ2n) is 8.30. The molecule has 1 saturated heterocycles. The summed E-state index contributed by atoms with van der Waals surface area (Å²) >= 11 is 0. The first-order valence-corrected chi connectivity index (χ1v) is 13.0. The van der Waals surface area contributed by atoms with Crippen molar-refractivity contribution in [3.8, 4) is 0 Å². The highest BCUT2D eigenvalue weighted by Gasteiger charge is 2.35. The third kappa shape index (κ3) is 5.28. The highest BCUT2D eigenvalue weighted by molar-refractivity contribution is 7.89. The summed E-state index contributed by atoms with van der Waals surface area (Å²) in [7, 11) is -3.40. The number of carbonyl (C=O) groups excluding carboxylic acids is 3. The summed E-state index contributed by atoms with van der Waals surface area (Å²) in [5, 5.41) is 2.68. The number of sulfonamides is 1. The van der Waals surface area contributed by atoms with Crippen molar-refractivity contribution in [1.82, 2.24) is 14.5 Å². The standard InChI is InChI=1S/C24H28N4O5S/c29-22(11-13-28-23(30)20-9-4-5-10-21(20)24(28)31)25-12-6-18-34(32,33)27-16-14-26(15-17-27)19-7-2-1-3-8-19/h1-5,7-10H,6,11-18H2,(H,25,29). The summed E-state index contributed by atoms with van der Waals surface area (Å²) in [5.74, 6) is -1.17. The van der Waals surface area contributed by atoms with E-state index in [2.05, 4.69) is 10.2 Å². The van der Waals surface area contributed by atoms with Crippen LogP contribution < -0.4 is 10.2 Å². The Balaban J connectivity index is 1.16. The molecule has 1 fully saturated rings. The number of rotatable bonds is 9. The molecule has 10 heteroatoms. The summed E-state index contributed by atoms with van der Waals surface area (Å²) < 4.78 is 26.8. The zero-order chi connectivity index (χ0) is 24.1. The Morgan fingerprint density at radius 3 is 2.06 bits per heavy atom. The molecule has 0 aliphatic carbocycles. The van der Waals surface area contributed by atoms with Crippen molar-refractivity contribution in [2.75, 3.05) is 49.9 Å². The summed E-state index contributed by atoms with van der Waals surface area (Å²) in [4.78, 5) is 40.1. The first kappa shape index (κ1) is 23.9. The third-order valence-corrected chi connectivity index (χ3v) is 8.05. The molecule has 0 atom stereocenters. The Labute approximate surface area is 199 Å². The summed E-state index contributed by atoms with van der Waals surface area (Å²) in [5.41, 5.74) is 1.79. The van der Waals surface area contributed by atoms with E-state index < -0.39 is 21.8 Å². The van der Waals surface area contributed by atoms with Crippen molar-refractivity contribution in [2.24, 2.45) is 0 Å². The molecule has 0 radical (unpaired) electrons. The van der Waals surface area contributed by atoms with Crippen LogP contribution in [0.15, 0.2) is 54.6 Å². The molecule has 180 valence electrons. The van der Waals surface area contributed by atoms with Gasteiger partial charge >= 0.3 is 0 Å². The molecule has 1 N–H and O–H groups in total. The van der Waals surface area contributed by atoms with E-state index in [1.54, 1.807) is 24.3 Å². The molecule has 2 heterocycles. The van der Waals surface area contributed by atoms with Gasteiger partial charge in [-0.3, -0.25) is 19.3 Å². The molecule has 4 rings (SSSR count). The lowest BCUT2D eigenvalue weighted by atomic mass is 10.1.